The quantitative estimate of drug-likeness (QED) is 0.0589. The highest BCUT2D eigenvalue weighted by Crippen LogP contribution is 2.19. The number of aromatic nitrogens is 1. The smallest absolute Gasteiger partial charge is 0.326 e. The molecule has 1 heterocycles. The van der Waals surface area contributed by atoms with Gasteiger partial charge in [0, 0.05) is 30.1 Å². The number of aliphatic imine (C=N–C) groups is 1. The van der Waals surface area contributed by atoms with E-state index in [-0.39, 0.29) is 31.8 Å². The number of hydrogen-bond acceptors (Lipinski definition) is 8. The maximum Gasteiger partial charge on any atom is 0.326 e. The molecule has 0 bridgehead atoms. The van der Waals surface area contributed by atoms with E-state index in [1.165, 1.54) is 11.8 Å². The number of carboxylic acid groups (broad SMARTS) is 1. The Labute approximate surface area is 235 Å². The van der Waals surface area contributed by atoms with E-state index >= 15 is 0 Å². The lowest BCUT2D eigenvalue weighted by atomic mass is 10.0. The van der Waals surface area contributed by atoms with Crippen LogP contribution in [0.2, 0.25) is 0 Å². The van der Waals surface area contributed by atoms with Crippen LogP contribution in [0.5, 0.6) is 0 Å². The molecule has 0 saturated heterocycles. The van der Waals surface area contributed by atoms with Gasteiger partial charge in [-0.05, 0) is 42.9 Å². The van der Waals surface area contributed by atoms with Crippen molar-refractivity contribution in [2.75, 3.05) is 25.2 Å². The first-order valence-electron chi connectivity index (χ1n) is 12.7. The van der Waals surface area contributed by atoms with E-state index in [4.69, 9.17) is 17.2 Å². The molecule has 4 atom stereocenters. The maximum atomic E-state index is 13.2. The second-order valence-electron chi connectivity index (χ2n) is 9.10. The lowest BCUT2D eigenvalue weighted by molar-refractivity contribution is -0.142. The number of nitrogens with one attached hydrogen (secondary N) is 4. The summed E-state index contributed by atoms with van der Waals surface area (Å²) in [7, 11) is 0. The van der Waals surface area contributed by atoms with Crippen LogP contribution in [-0.4, -0.2) is 94.2 Å². The molecule has 3 amide bonds. The molecule has 1 aromatic heterocycles. The Balaban J connectivity index is 2.17. The Hall–Kier alpha value is -3.82. The number of hydrogen-bond donors (Lipinski definition) is 9. The fraction of sp³-hybridized carbons (Fsp3) is 0.480. The molecule has 4 unspecified atom stereocenters. The molecule has 0 aliphatic heterocycles. The van der Waals surface area contributed by atoms with E-state index in [9.17, 15) is 29.4 Å². The third-order valence-electron chi connectivity index (χ3n) is 6.07. The molecule has 1 aromatic carbocycles. The van der Waals surface area contributed by atoms with Crippen LogP contribution in [0.1, 0.15) is 24.8 Å². The molecule has 0 fully saturated rings. The fourth-order valence-corrected chi connectivity index (χ4v) is 4.38. The summed E-state index contributed by atoms with van der Waals surface area (Å²) in [4.78, 5) is 57.7. The average Bonchev–Trinajstić information content (AvgIpc) is 3.33. The zero-order chi connectivity index (χ0) is 29.7. The van der Waals surface area contributed by atoms with Gasteiger partial charge in [-0.15, -0.1) is 0 Å². The monoisotopic (exact) mass is 578 g/mol. The summed E-state index contributed by atoms with van der Waals surface area (Å²) in [5, 5.41) is 27.5. The van der Waals surface area contributed by atoms with Gasteiger partial charge in [0.05, 0.1) is 6.61 Å². The number of nitrogens with two attached hydrogens (primary N) is 3. The maximum absolute atomic E-state index is 13.2. The first-order valence-corrected chi connectivity index (χ1v) is 14.1. The lowest BCUT2D eigenvalue weighted by Crippen LogP contribution is -2.57. The minimum atomic E-state index is -1.25. The van der Waals surface area contributed by atoms with E-state index < -0.39 is 54.5 Å². The molecule has 0 aliphatic rings. The molecule has 0 radical (unpaired) electrons. The predicted molar refractivity (Wildman–Crippen MR) is 153 cm³/mol. The number of benzene rings is 1. The molecule has 0 spiro atoms. The van der Waals surface area contributed by atoms with Gasteiger partial charge in [0.15, 0.2) is 5.96 Å². The van der Waals surface area contributed by atoms with Crippen molar-refractivity contribution in [2.24, 2.45) is 22.2 Å². The number of rotatable bonds is 17. The summed E-state index contributed by atoms with van der Waals surface area (Å²) in [6.45, 7) is -0.432. The number of carbonyl (C=O) groups excluding carboxylic acids is 3. The van der Waals surface area contributed by atoms with E-state index in [0.717, 1.165) is 16.5 Å². The number of aliphatic hydroxyl groups is 1. The van der Waals surface area contributed by atoms with Gasteiger partial charge in [-0.2, -0.15) is 11.8 Å². The lowest BCUT2D eigenvalue weighted by Gasteiger charge is -2.25. The van der Waals surface area contributed by atoms with Crippen LogP contribution in [0.25, 0.3) is 10.9 Å². The minimum Gasteiger partial charge on any atom is -0.480 e. The number of aliphatic carboxylic acids is 1. The molecule has 220 valence electrons. The number of fused-ring (bicyclic) bond motifs is 1. The Morgan fingerprint density at radius 3 is 2.25 bits per heavy atom. The van der Waals surface area contributed by atoms with Crippen molar-refractivity contribution in [2.45, 2.75) is 49.9 Å². The normalized spacial score (nSPS) is 14.0. The highest BCUT2D eigenvalue weighted by atomic mass is 32.2. The third kappa shape index (κ3) is 10.1. The number of aromatic amines is 1. The third-order valence-corrected chi connectivity index (χ3v) is 6.71. The Bertz CT molecular complexity index is 1190. The fourth-order valence-electron chi connectivity index (χ4n) is 3.90. The second-order valence-corrected chi connectivity index (χ2v) is 10.1. The molecular weight excluding hydrogens is 540 g/mol. The molecule has 15 heteroatoms. The summed E-state index contributed by atoms with van der Waals surface area (Å²) >= 11 is 1.45. The minimum absolute atomic E-state index is 0.0246. The van der Waals surface area contributed by atoms with Gasteiger partial charge < -0.3 is 48.3 Å². The Morgan fingerprint density at radius 2 is 1.62 bits per heavy atom. The van der Waals surface area contributed by atoms with Gasteiger partial charge in [-0.25, -0.2) is 4.79 Å². The van der Waals surface area contributed by atoms with Gasteiger partial charge in [0.2, 0.25) is 17.7 Å². The van der Waals surface area contributed by atoms with Crippen LogP contribution in [0.4, 0.5) is 0 Å². The highest BCUT2D eigenvalue weighted by Gasteiger charge is 2.30. The second kappa shape index (κ2) is 16.3. The molecule has 14 nitrogen and oxygen atoms in total. The molecule has 0 saturated carbocycles. The van der Waals surface area contributed by atoms with Crippen LogP contribution >= 0.6 is 11.8 Å². The molecular formula is C25H38N8O6S. The number of para-hydroxylation sites is 1. The van der Waals surface area contributed by atoms with Crippen molar-refractivity contribution in [1.29, 1.82) is 0 Å². The molecule has 2 rings (SSSR count). The molecule has 40 heavy (non-hydrogen) atoms. The van der Waals surface area contributed by atoms with Crippen molar-refractivity contribution in [1.82, 2.24) is 20.9 Å². The van der Waals surface area contributed by atoms with Crippen LogP contribution in [0.15, 0.2) is 35.5 Å². The molecule has 0 aliphatic carbocycles. The van der Waals surface area contributed by atoms with Crippen molar-refractivity contribution >= 4 is 52.3 Å². The summed E-state index contributed by atoms with van der Waals surface area (Å²) < 4.78 is 0. The van der Waals surface area contributed by atoms with Gasteiger partial charge >= 0.3 is 5.97 Å². The van der Waals surface area contributed by atoms with Gasteiger partial charge in [-0.3, -0.25) is 19.4 Å². The Kier molecular flexibility index (Phi) is 13.2. The number of nitrogens with zero attached hydrogens (tertiary/aromatic N) is 1. The number of amides is 3. The van der Waals surface area contributed by atoms with Crippen molar-refractivity contribution < 1.29 is 29.4 Å². The topological polar surface area (TPSA) is 251 Å². The van der Waals surface area contributed by atoms with E-state index in [1.54, 1.807) is 6.20 Å². The zero-order valence-corrected chi connectivity index (χ0v) is 23.1. The summed E-state index contributed by atoms with van der Waals surface area (Å²) in [5.74, 6) is -2.95. The van der Waals surface area contributed by atoms with Crippen molar-refractivity contribution in [3.8, 4) is 0 Å². The number of carboxylic acids is 1. The SMILES string of the molecule is CSCCC(NC(=O)C(CCCN=C(N)N)NC(=O)C(N)CO)C(=O)NC(Cc1c[nH]c2ccccc12)C(=O)O. The van der Waals surface area contributed by atoms with E-state index in [1.807, 2.05) is 30.5 Å². The number of H-pyrrole nitrogens is 1. The highest BCUT2D eigenvalue weighted by molar-refractivity contribution is 7.98. The van der Waals surface area contributed by atoms with Gasteiger partial charge in [0.1, 0.15) is 24.2 Å². The van der Waals surface area contributed by atoms with Crippen LogP contribution in [-0.2, 0) is 25.6 Å². The van der Waals surface area contributed by atoms with Crippen molar-refractivity contribution in [3.05, 3.63) is 36.0 Å². The molecule has 12 N–H and O–H groups in total. The number of guanidine groups is 1. The first-order chi connectivity index (χ1) is 19.1. The van der Waals surface area contributed by atoms with Crippen molar-refractivity contribution in [3.63, 3.8) is 0 Å². The van der Waals surface area contributed by atoms with E-state index in [0.29, 0.717) is 12.2 Å². The standard InChI is InChI=1S/C25H38N8O6S/c1-40-10-8-19(32-22(36)18(7-4-9-29-25(27)28)31-21(35)16(26)13-34)23(37)33-20(24(38)39)11-14-12-30-17-6-3-2-5-15(14)17/h2-3,5-6,12,16,18-20,30,34H,4,7-11,13,26H2,1H3,(H,31,35)(H,32,36)(H,33,37)(H,38,39)(H4,27,28,29). The van der Waals surface area contributed by atoms with Gasteiger partial charge in [0.25, 0.3) is 0 Å². The zero-order valence-electron chi connectivity index (χ0n) is 22.3. The van der Waals surface area contributed by atoms with Gasteiger partial charge in [-0.1, -0.05) is 18.2 Å². The first kappa shape index (κ1) is 32.4. The number of thioether (sulfide) groups is 1. The van der Waals surface area contributed by atoms with Crippen LogP contribution < -0.4 is 33.2 Å². The average molecular weight is 579 g/mol. The summed E-state index contributed by atoms with van der Waals surface area (Å²) in [6, 6.07) is 2.73. The largest absolute Gasteiger partial charge is 0.480 e. The Morgan fingerprint density at radius 1 is 1.00 bits per heavy atom. The molecule has 2 aromatic rings. The number of aliphatic hydroxyl groups excluding tert-OH is 1. The summed E-state index contributed by atoms with van der Waals surface area (Å²) in [6.07, 6.45) is 4.20. The van der Waals surface area contributed by atoms with E-state index in [2.05, 4.69) is 25.9 Å². The van der Waals surface area contributed by atoms with Crippen LogP contribution in [0, 0.1) is 0 Å². The predicted octanol–water partition coefficient (Wildman–Crippen LogP) is -1.62. The number of carbonyl (C=O) groups is 4. The summed E-state index contributed by atoms with van der Waals surface area (Å²) in [5.41, 5.74) is 17.8. The van der Waals surface area contributed by atoms with Crippen LogP contribution in [0.3, 0.4) is 0 Å².